The molecular weight excluding hydrogens is 461 g/mol. The van der Waals surface area contributed by atoms with E-state index in [1.807, 2.05) is 0 Å². The Balaban J connectivity index is 0.00000225. The van der Waals surface area contributed by atoms with E-state index < -0.39 is 0 Å². The Bertz CT molecular complexity index is 676. The van der Waals surface area contributed by atoms with Crippen molar-refractivity contribution in [2.24, 2.45) is 10.7 Å². The minimum atomic E-state index is 0. The first-order valence-electron chi connectivity index (χ1n) is 10.8. The number of aryl methyl sites for hydroxylation is 2. The molecule has 0 atom stereocenters. The molecule has 1 aromatic rings. The molecule has 4 rings (SSSR count). The van der Waals surface area contributed by atoms with Crippen LogP contribution in [0.3, 0.4) is 0 Å². The summed E-state index contributed by atoms with van der Waals surface area (Å²) < 4.78 is 0. The minimum Gasteiger partial charge on any atom is -0.370 e. The lowest BCUT2D eigenvalue weighted by Crippen LogP contribution is -2.58. The van der Waals surface area contributed by atoms with E-state index in [1.165, 1.54) is 75.6 Å². The summed E-state index contributed by atoms with van der Waals surface area (Å²) in [6.45, 7) is 5.56. The van der Waals surface area contributed by atoms with E-state index in [2.05, 4.69) is 40.4 Å². The van der Waals surface area contributed by atoms with Crippen molar-refractivity contribution in [2.75, 3.05) is 45.1 Å². The zero-order valence-corrected chi connectivity index (χ0v) is 19.6. The van der Waals surface area contributed by atoms with E-state index in [0.29, 0.717) is 5.96 Å². The van der Waals surface area contributed by atoms with Gasteiger partial charge >= 0.3 is 0 Å². The Kier molecular flexibility index (Phi) is 7.61. The van der Waals surface area contributed by atoms with E-state index >= 15 is 0 Å². The van der Waals surface area contributed by atoms with Crippen LogP contribution in [0.15, 0.2) is 23.2 Å². The van der Waals surface area contributed by atoms with Gasteiger partial charge in [-0.2, -0.15) is 0 Å². The Hall–Kier alpha value is -0.860. The smallest absolute Gasteiger partial charge is 0.193 e. The van der Waals surface area contributed by atoms with Crippen LogP contribution < -0.4 is 11.1 Å². The molecule has 0 unspecified atom stereocenters. The molecule has 3 aliphatic rings. The standard InChI is InChI=1S/C22H35N5.HI/c1-26-14-10-22(11-15-26,27-12-3-2-4-13-27)17-24-21(23)25-20-9-8-18-6-5-7-19(18)16-20;/h8-9,16H,2-7,10-15,17H2,1H3,(H3,23,24,25);1H. The molecule has 0 bridgehead atoms. The molecule has 28 heavy (non-hydrogen) atoms. The highest BCUT2D eigenvalue weighted by atomic mass is 127. The molecule has 3 N–H and O–H groups in total. The first-order chi connectivity index (χ1) is 13.1. The molecule has 0 aromatic heterocycles. The number of hydrogen-bond acceptors (Lipinski definition) is 3. The fourth-order valence-electron chi connectivity index (χ4n) is 5.05. The summed E-state index contributed by atoms with van der Waals surface area (Å²) >= 11 is 0. The van der Waals surface area contributed by atoms with Gasteiger partial charge in [0.2, 0.25) is 0 Å². The maximum Gasteiger partial charge on any atom is 0.193 e. The number of nitrogens with two attached hydrogens (primary N) is 1. The minimum absolute atomic E-state index is 0. The Morgan fingerprint density at radius 2 is 1.75 bits per heavy atom. The Morgan fingerprint density at radius 1 is 1.04 bits per heavy atom. The molecule has 1 aliphatic carbocycles. The molecule has 0 amide bonds. The number of likely N-dealkylation sites (tertiary alicyclic amines) is 2. The fourth-order valence-corrected chi connectivity index (χ4v) is 5.05. The van der Waals surface area contributed by atoms with Crippen molar-refractivity contribution in [2.45, 2.75) is 56.9 Å². The number of piperidine rings is 2. The molecule has 2 heterocycles. The monoisotopic (exact) mass is 497 g/mol. The Labute approximate surface area is 187 Å². The lowest BCUT2D eigenvalue weighted by atomic mass is 9.84. The third-order valence-corrected chi connectivity index (χ3v) is 6.86. The third-order valence-electron chi connectivity index (χ3n) is 6.86. The van der Waals surface area contributed by atoms with E-state index in [-0.39, 0.29) is 29.5 Å². The molecule has 2 saturated heterocycles. The normalized spacial score (nSPS) is 23.1. The number of benzene rings is 1. The van der Waals surface area contributed by atoms with Gasteiger partial charge in [0, 0.05) is 11.2 Å². The summed E-state index contributed by atoms with van der Waals surface area (Å²) in [6, 6.07) is 6.63. The third kappa shape index (κ3) is 5.00. The number of nitrogens with one attached hydrogen (secondary N) is 1. The second-order valence-corrected chi connectivity index (χ2v) is 8.74. The summed E-state index contributed by atoms with van der Waals surface area (Å²) in [7, 11) is 2.23. The fraction of sp³-hybridized carbons (Fsp3) is 0.682. The van der Waals surface area contributed by atoms with E-state index in [4.69, 9.17) is 10.7 Å². The van der Waals surface area contributed by atoms with E-state index in [1.54, 1.807) is 0 Å². The highest BCUT2D eigenvalue weighted by molar-refractivity contribution is 14.0. The number of nitrogens with zero attached hydrogens (tertiary/aromatic N) is 3. The number of guanidine groups is 1. The lowest BCUT2D eigenvalue weighted by molar-refractivity contribution is 0.0209. The maximum atomic E-state index is 6.29. The summed E-state index contributed by atoms with van der Waals surface area (Å²) in [5, 5.41) is 3.34. The van der Waals surface area contributed by atoms with Crippen molar-refractivity contribution in [3.8, 4) is 0 Å². The Morgan fingerprint density at radius 3 is 2.50 bits per heavy atom. The summed E-state index contributed by atoms with van der Waals surface area (Å²) in [5.41, 5.74) is 10.5. The van der Waals surface area contributed by atoms with Crippen LogP contribution in [0, 0.1) is 0 Å². The van der Waals surface area contributed by atoms with Gasteiger partial charge in [0.05, 0.1) is 6.54 Å². The van der Waals surface area contributed by atoms with Crippen molar-refractivity contribution >= 4 is 35.6 Å². The molecule has 5 nitrogen and oxygen atoms in total. The molecule has 2 fully saturated rings. The van der Waals surface area contributed by atoms with Crippen molar-refractivity contribution in [3.05, 3.63) is 29.3 Å². The molecule has 2 aliphatic heterocycles. The molecule has 0 radical (unpaired) electrons. The van der Waals surface area contributed by atoms with Crippen molar-refractivity contribution in [1.82, 2.24) is 9.80 Å². The van der Waals surface area contributed by atoms with Crippen LogP contribution in [-0.2, 0) is 12.8 Å². The SMILES string of the molecule is CN1CCC(CN=C(N)Nc2ccc3c(c2)CCC3)(N2CCCCC2)CC1.I. The van der Waals surface area contributed by atoms with Gasteiger partial charge in [-0.05, 0) is 101 Å². The van der Waals surface area contributed by atoms with Gasteiger partial charge in [0.1, 0.15) is 0 Å². The van der Waals surface area contributed by atoms with Gasteiger partial charge in [0.15, 0.2) is 5.96 Å². The van der Waals surface area contributed by atoms with Gasteiger partial charge < -0.3 is 16.0 Å². The molecule has 156 valence electrons. The van der Waals surface area contributed by atoms with Crippen molar-refractivity contribution in [3.63, 3.8) is 0 Å². The van der Waals surface area contributed by atoms with Crippen LogP contribution in [0.25, 0.3) is 0 Å². The first-order valence-corrected chi connectivity index (χ1v) is 10.8. The van der Waals surface area contributed by atoms with Crippen LogP contribution in [0.5, 0.6) is 0 Å². The maximum absolute atomic E-state index is 6.29. The average Bonchev–Trinajstić information content (AvgIpc) is 3.16. The molecule has 6 heteroatoms. The topological polar surface area (TPSA) is 56.9 Å². The van der Waals surface area contributed by atoms with Crippen LogP contribution >= 0.6 is 24.0 Å². The zero-order chi connectivity index (χ0) is 18.7. The lowest BCUT2D eigenvalue weighted by Gasteiger charge is -2.49. The zero-order valence-electron chi connectivity index (χ0n) is 17.3. The van der Waals surface area contributed by atoms with Crippen LogP contribution in [-0.4, -0.2) is 61.1 Å². The number of anilines is 1. The van der Waals surface area contributed by atoms with Gasteiger partial charge in [-0.1, -0.05) is 12.5 Å². The van der Waals surface area contributed by atoms with Crippen LogP contribution in [0.1, 0.15) is 49.7 Å². The summed E-state index contributed by atoms with van der Waals surface area (Å²) in [6.07, 6.45) is 10.1. The number of rotatable bonds is 4. The van der Waals surface area contributed by atoms with Crippen molar-refractivity contribution < 1.29 is 0 Å². The van der Waals surface area contributed by atoms with Gasteiger partial charge in [-0.3, -0.25) is 9.89 Å². The second-order valence-electron chi connectivity index (χ2n) is 8.74. The molecular formula is C22H36IN5. The van der Waals surface area contributed by atoms with Gasteiger partial charge in [0.25, 0.3) is 0 Å². The molecule has 0 saturated carbocycles. The van der Waals surface area contributed by atoms with Crippen LogP contribution in [0.2, 0.25) is 0 Å². The largest absolute Gasteiger partial charge is 0.370 e. The number of halogens is 1. The van der Waals surface area contributed by atoms with Gasteiger partial charge in [-0.25, -0.2) is 0 Å². The van der Waals surface area contributed by atoms with Gasteiger partial charge in [-0.15, -0.1) is 24.0 Å². The highest BCUT2D eigenvalue weighted by Crippen LogP contribution is 2.32. The predicted octanol–water partition coefficient (Wildman–Crippen LogP) is 3.47. The first kappa shape index (κ1) is 21.8. The number of aliphatic imine (C=N–C) groups is 1. The predicted molar refractivity (Wildman–Crippen MR) is 129 cm³/mol. The molecule has 0 spiro atoms. The van der Waals surface area contributed by atoms with Crippen LogP contribution in [0.4, 0.5) is 5.69 Å². The second kappa shape index (κ2) is 9.76. The average molecular weight is 497 g/mol. The van der Waals surface area contributed by atoms with Crippen molar-refractivity contribution in [1.29, 1.82) is 0 Å². The van der Waals surface area contributed by atoms with E-state index in [9.17, 15) is 0 Å². The summed E-state index contributed by atoms with van der Waals surface area (Å²) in [5.74, 6) is 0.559. The van der Waals surface area contributed by atoms with E-state index in [0.717, 1.165) is 25.3 Å². The molecule has 1 aromatic carbocycles. The quantitative estimate of drug-likeness (QED) is 0.380. The highest BCUT2D eigenvalue weighted by Gasteiger charge is 2.39. The summed E-state index contributed by atoms with van der Waals surface area (Å²) in [4.78, 5) is 9.99. The number of hydrogen-bond donors (Lipinski definition) is 2. The number of fused-ring (bicyclic) bond motifs is 1.